The van der Waals surface area contributed by atoms with Gasteiger partial charge in [-0.15, -0.1) is 0 Å². The molecule has 10 heteroatoms. The summed E-state index contributed by atoms with van der Waals surface area (Å²) in [6, 6.07) is 12.7. The molecule has 7 nitrogen and oxygen atoms in total. The third kappa shape index (κ3) is 5.49. The van der Waals surface area contributed by atoms with Crippen LogP contribution in [-0.4, -0.2) is 40.6 Å². The van der Waals surface area contributed by atoms with Crippen LogP contribution >= 0.6 is 0 Å². The fourth-order valence-corrected chi connectivity index (χ4v) is 5.30. The van der Waals surface area contributed by atoms with E-state index in [0.29, 0.717) is 43.7 Å². The molecule has 0 aliphatic carbocycles. The van der Waals surface area contributed by atoms with Crippen molar-refractivity contribution in [1.29, 1.82) is 5.26 Å². The first-order chi connectivity index (χ1) is 18.6. The second-order valence-corrected chi connectivity index (χ2v) is 10.8. The average Bonchev–Trinajstić information content (AvgIpc) is 3.22. The number of fused-ring (bicyclic) bond motifs is 1. The molecule has 3 aromatic rings. The number of hydrogen-bond acceptors (Lipinski definition) is 7. The average molecular weight is 536 g/mol. The van der Waals surface area contributed by atoms with Crippen LogP contribution in [0.15, 0.2) is 42.6 Å². The van der Waals surface area contributed by atoms with Crippen LogP contribution in [-0.2, 0) is 24.4 Å². The molecule has 0 bridgehead atoms. The van der Waals surface area contributed by atoms with E-state index in [1.807, 2.05) is 38.1 Å². The van der Waals surface area contributed by atoms with Gasteiger partial charge in [-0.1, -0.05) is 12.1 Å². The number of benzene rings is 1. The van der Waals surface area contributed by atoms with Gasteiger partial charge >= 0.3 is 6.18 Å². The number of pyridine rings is 1. The molecule has 1 atom stereocenters. The molecule has 2 aromatic heterocycles. The highest BCUT2D eigenvalue weighted by atomic mass is 19.4. The van der Waals surface area contributed by atoms with Crippen molar-refractivity contribution in [2.45, 2.75) is 64.1 Å². The van der Waals surface area contributed by atoms with E-state index in [0.717, 1.165) is 48.0 Å². The Morgan fingerprint density at radius 1 is 1.03 bits per heavy atom. The van der Waals surface area contributed by atoms with E-state index < -0.39 is 17.2 Å². The molecule has 5 rings (SSSR count). The van der Waals surface area contributed by atoms with Gasteiger partial charge in [-0.25, -0.2) is 9.97 Å². The molecule has 204 valence electrons. The van der Waals surface area contributed by atoms with Crippen LogP contribution in [0.2, 0.25) is 0 Å². The SMILES string of the molecule is CC1CCCN1c1nc2c(c(Nc3ccc(C(C)(C)C#N)cc3)n1)CCN(c1ncccc1C(F)(F)F)CC2. The van der Waals surface area contributed by atoms with Gasteiger partial charge in [0.25, 0.3) is 0 Å². The molecule has 1 aromatic carbocycles. The van der Waals surface area contributed by atoms with Crippen molar-refractivity contribution in [2.75, 3.05) is 34.8 Å². The zero-order valence-corrected chi connectivity index (χ0v) is 22.4. The maximum absolute atomic E-state index is 13.7. The molecular weight excluding hydrogens is 503 g/mol. The van der Waals surface area contributed by atoms with Gasteiger partial charge in [-0.2, -0.15) is 23.4 Å². The Morgan fingerprint density at radius 2 is 1.77 bits per heavy atom. The first-order valence-corrected chi connectivity index (χ1v) is 13.3. The zero-order chi connectivity index (χ0) is 27.8. The van der Waals surface area contributed by atoms with Crippen molar-refractivity contribution in [1.82, 2.24) is 15.0 Å². The summed E-state index contributed by atoms with van der Waals surface area (Å²) >= 11 is 0. The van der Waals surface area contributed by atoms with Crippen LogP contribution in [0.3, 0.4) is 0 Å². The van der Waals surface area contributed by atoms with Gasteiger partial charge in [0.1, 0.15) is 11.6 Å². The Hall–Kier alpha value is -3.87. The third-order valence-electron chi connectivity index (χ3n) is 7.68. The molecule has 0 spiro atoms. The molecule has 2 aliphatic heterocycles. The molecule has 0 amide bonds. The normalized spacial score (nSPS) is 17.9. The van der Waals surface area contributed by atoms with Gasteiger partial charge in [-0.3, -0.25) is 0 Å². The van der Waals surface area contributed by atoms with E-state index in [4.69, 9.17) is 9.97 Å². The standard InChI is InChI=1S/C29H32F3N7/c1-19-6-5-15-39(19)27-36-24-13-17-38(26-23(29(30,31)32)7-4-14-34-26)16-12-22(24)25(37-27)35-21-10-8-20(9-11-21)28(2,3)18-33/h4,7-11,14,19H,5-6,12-13,15-17H2,1-3H3,(H,35,36,37). The number of anilines is 4. The largest absolute Gasteiger partial charge is 0.419 e. The summed E-state index contributed by atoms with van der Waals surface area (Å²) in [5, 5.41) is 12.9. The predicted octanol–water partition coefficient (Wildman–Crippen LogP) is 6.03. The highest BCUT2D eigenvalue weighted by Gasteiger charge is 2.36. The number of aromatic nitrogens is 3. The molecule has 1 fully saturated rings. The molecule has 1 N–H and O–H groups in total. The maximum Gasteiger partial charge on any atom is 0.419 e. The van der Waals surface area contributed by atoms with Gasteiger partial charge in [0.05, 0.1) is 22.7 Å². The van der Waals surface area contributed by atoms with E-state index in [1.54, 1.807) is 4.90 Å². The lowest BCUT2D eigenvalue weighted by molar-refractivity contribution is -0.137. The lowest BCUT2D eigenvalue weighted by Gasteiger charge is -2.24. The van der Waals surface area contributed by atoms with Gasteiger partial charge in [0.2, 0.25) is 5.95 Å². The zero-order valence-electron chi connectivity index (χ0n) is 22.4. The Balaban J connectivity index is 1.49. The Labute approximate surface area is 226 Å². The molecular formula is C29H32F3N7. The fourth-order valence-electron chi connectivity index (χ4n) is 5.30. The highest BCUT2D eigenvalue weighted by molar-refractivity contribution is 5.64. The summed E-state index contributed by atoms with van der Waals surface area (Å²) < 4.78 is 41.2. The first kappa shape index (κ1) is 26.7. The number of alkyl halides is 3. The summed E-state index contributed by atoms with van der Waals surface area (Å²) in [7, 11) is 0. The summed E-state index contributed by atoms with van der Waals surface area (Å²) in [4.78, 5) is 17.9. The van der Waals surface area contributed by atoms with Crippen molar-refractivity contribution in [3.8, 4) is 6.07 Å². The number of hydrogen-bond donors (Lipinski definition) is 1. The Kier molecular flexibility index (Phi) is 7.10. The first-order valence-electron chi connectivity index (χ1n) is 13.3. The van der Waals surface area contributed by atoms with Crippen molar-refractivity contribution in [3.05, 3.63) is 65.0 Å². The van der Waals surface area contributed by atoms with Crippen molar-refractivity contribution in [3.63, 3.8) is 0 Å². The lowest BCUT2D eigenvalue weighted by Crippen LogP contribution is -2.29. The van der Waals surface area contributed by atoms with Crippen molar-refractivity contribution < 1.29 is 13.2 Å². The Morgan fingerprint density at radius 3 is 2.44 bits per heavy atom. The van der Waals surface area contributed by atoms with Crippen LogP contribution in [0, 0.1) is 11.3 Å². The van der Waals surface area contributed by atoms with E-state index in [9.17, 15) is 18.4 Å². The monoisotopic (exact) mass is 535 g/mol. The summed E-state index contributed by atoms with van der Waals surface area (Å²) in [6.07, 6.45) is -0.00677. The number of nitrogens with one attached hydrogen (secondary N) is 1. The van der Waals surface area contributed by atoms with E-state index in [1.165, 1.54) is 12.3 Å². The van der Waals surface area contributed by atoms with Crippen molar-refractivity contribution >= 4 is 23.3 Å². The highest BCUT2D eigenvalue weighted by Crippen LogP contribution is 2.37. The van der Waals surface area contributed by atoms with Crippen LogP contribution in [0.25, 0.3) is 0 Å². The predicted molar refractivity (Wildman–Crippen MR) is 145 cm³/mol. The smallest absolute Gasteiger partial charge is 0.355 e. The number of nitriles is 1. The minimum Gasteiger partial charge on any atom is -0.355 e. The summed E-state index contributed by atoms with van der Waals surface area (Å²) in [6.45, 7) is 7.51. The second-order valence-electron chi connectivity index (χ2n) is 10.8. The molecule has 1 unspecified atom stereocenters. The van der Waals surface area contributed by atoms with Gasteiger partial charge in [0, 0.05) is 49.5 Å². The fraction of sp³-hybridized carbons (Fsp3) is 0.448. The van der Waals surface area contributed by atoms with Gasteiger partial charge < -0.3 is 15.1 Å². The van der Waals surface area contributed by atoms with Crippen LogP contribution in [0.1, 0.15) is 56.0 Å². The van der Waals surface area contributed by atoms with Crippen molar-refractivity contribution in [2.24, 2.45) is 0 Å². The second kappa shape index (κ2) is 10.4. The maximum atomic E-state index is 13.7. The lowest BCUT2D eigenvalue weighted by atomic mass is 9.86. The molecule has 0 saturated carbocycles. The van der Waals surface area contributed by atoms with E-state index in [2.05, 4.69) is 28.2 Å². The Bertz CT molecular complexity index is 1380. The molecule has 1 saturated heterocycles. The van der Waals surface area contributed by atoms with Crippen LogP contribution in [0.4, 0.5) is 36.4 Å². The van der Waals surface area contributed by atoms with Gasteiger partial charge in [0.15, 0.2) is 0 Å². The van der Waals surface area contributed by atoms with Crippen LogP contribution < -0.4 is 15.1 Å². The molecule has 2 aliphatic rings. The van der Waals surface area contributed by atoms with E-state index >= 15 is 0 Å². The molecule has 0 radical (unpaired) electrons. The minimum atomic E-state index is -4.49. The van der Waals surface area contributed by atoms with Crippen LogP contribution in [0.5, 0.6) is 0 Å². The topological polar surface area (TPSA) is 81.0 Å². The number of nitrogens with zero attached hydrogens (tertiary/aromatic N) is 6. The number of halogens is 3. The van der Waals surface area contributed by atoms with Gasteiger partial charge in [-0.05, 0) is 69.9 Å². The molecule has 39 heavy (non-hydrogen) atoms. The minimum absolute atomic E-state index is 0.0515. The van der Waals surface area contributed by atoms with E-state index in [-0.39, 0.29) is 5.82 Å². The third-order valence-corrected chi connectivity index (χ3v) is 7.68. The summed E-state index contributed by atoms with van der Waals surface area (Å²) in [5.74, 6) is 1.26. The molecule has 4 heterocycles. The summed E-state index contributed by atoms with van der Waals surface area (Å²) in [5.41, 5.74) is 2.14. The number of rotatable bonds is 5. The quantitative estimate of drug-likeness (QED) is 0.427.